The lowest BCUT2D eigenvalue weighted by Gasteiger charge is -2.08. The van der Waals surface area contributed by atoms with Crippen LogP contribution in [0.3, 0.4) is 0 Å². The van der Waals surface area contributed by atoms with Crippen molar-refractivity contribution in [3.63, 3.8) is 0 Å². The van der Waals surface area contributed by atoms with Crippen LogP contribution in [0, 0.1) is 0 Å². The Hall–Kier alpha value is -3.13. The zero-order chi connectivity index (χ0) is 16.9. The number of H-pyrrole nitrogens is 2. The van der Waals surface area contributed by atoms with Crippen molar-refractivity contribution in [1.29, 1.82) is 0 Å². The molecule has 8 nitrogen and oxygen atoms in total. The molecule has 116 valence electrons. The van der Waals surface area contributed by atoms with E-state index in [1.165, 1.54) is 18.3 Å². The zero-order valence-electron chi connectivity index (χ0n) is 11.1. The molecule has 9 heteroatoms. The molecular formula is C14H7ClN2O6. The van der Waals surface area contributed by atoms with Crippen molar-refractivity contribution in [1.82, 2.24) is 9.97 Å². The number of aromatic carboxylic acids is 2. The average Bonchev–Trinajstić information content (AvgIpc) is 2.48. The number of aromatic nitrogens is 2. The molecule has 0 aliphatic heterocycles. The normalized spacial score (nSPS) is 11.0. The van der Waals surface area contributed by atoms with Crippen molar-refractivity contribution in [2.24, 2.45) is 0 Å². The van der Waals surface area contributed by atoms with E-state index in [0.717, 1.165) is 0 Å². The van der Waals surface area contributed by atoms with Crippen LogP contribution in [0.4, 0.5) is 0 Å². The predicted molar refractivity (Wildman–Crippen MR) is 81.6 cm³/mol. The molecule has 0 amide bonds. The molecule has 2 heterocycles. The molecule has 0 spiro atoms. The average molecular weight is 335 g/mol. The highest BCUT2D eigenvalue weighted by Gasteiger charge is 2.24. The van der Waals surface area contributed by atoms with Gasteiger partial charge in [0, 0.05) is 23.0 Å². The second kappa shape index (κ2) is 4.96. The summed E-state index contributed by atoms with van der Waals surface area (Å²) < 4.78 is 0. The van der Waals surface area contributed by atoms with Gasteiger partial charge in [0.25, 0.3) is 0 Å². The van der Waals surface area contributed by atoms with Gasteiger partial charge < -0.3 is 20.2 Å². The molecule has 0 atom stereocenters. The van der Waals surface area contributed by atoms with Crippen LogP contribution < -0.4 is 10.9 Å². The standard InChI is InChI=1S/C14H7ClN2O6/c15-8-9-4(6(18)1-2-16-9)3-5-10(8)17-11(14(22)23)7(12(5)19)13(20)21/h1-3H,(H,16,18)(H,17,19)(H,20,21)(H,22,23). The van der Waals surface area contributed by atoms with Gasteiger partial charge in [0.15, 0.2) is 5.43 Å². The van der Waals surface area contributed by atoms with Crippen molar-refractivity contribution >= 4 is 45.3 Å². The van der Waals surface area contributed by atoms with Crippen LogP contribution in [0.2, 0.25) is 5.02 Å². The van der Waals surface area contributed by atoms with Crippen molar-refractivity contribution in [3.8, 4) is 0 Å². The number of carbonyl (C=O) groups is 2. The van der Waals surface area contributed by atoms with Crippen LogP contribution in [0.25, 0.3) is 21.8 Å². The Morgan fingerprint density at radius 3 is 2.35 bits per heavy atom. The van der Waals surface area contributed by atoms with E-state index in [2.05, 4.69) is 9.97 Å². The van der Waals surface area contributed by atoms with Crippen LogP contribution in [0.5, 0.6) is 0 Å². The quantitative estimate of drug-likeness (QED) is 0.522. The second-order valence-electron chi connectivity index (χ2n) is 4.69. The topological polar surface area (TPSA) is 140 Å². The fourth-order valence-electron chi connectivity index (χ4n) is 2.38. The molecule has 1 aromatic carbocycles. The molecule has 0 aliphatic carbocycles. The summed E-state index contributed by atoms with van der Waals surface area (Å²) in [6, 6.07) is 2.41. The third-order valence-corrected chi connectivity index (χ3v) is 3.77. The van der Waals surface area contributed by atoms with Crippen molar-refractivity contribution in [2.45, 2.75) is 0 Å². The summed E-state index contributed by atoms with van der Waals surface area (Å²) in [5.74, 6) is -3.30. The van der Waals surface area contributed by atoms with Gasteiger partial charge in [0.2, 0.25) is 5.43 Å². The van der Waals surface area contributed by atoms with Crippen LogP contribution >= 0.6 is 11.6 Å². The fourth-order valence-corrected chi connectivity index (χ4v) is 2.68. The Morgan fingerprint density at radius 2 is 1.74 bits per heavy atom. The third-order valence-electron chi connectivity index (χ3n) is 3.39. The number of hydrogen-bond acceptors (Lipinski definition) is 4. The summed E-state index contributed by atoms with van der Waals surface area (Å²) in [5, 5.41) is 18.1. The lowest BCUT2D eigenvalue weighted by atomic mass is 10.1. The van der Waals surface area contributed by atoms with E-state index in [1.54, 1.807) is 0 Å². The molecule has 0 bridgehead atoms. The number of carboxylic acids is 2. The van der Waals surface area contributed by atoms with Gasteiger partial charge in [0.1, 0.15) is 11.3 Å². The zero-order valence-corrected chi connectivity index (χ0v) is 11.9. The molecular weight excluding hydrogens is 328 g/mol. The largest absolute Gasteiger partial charge is 0.477 e. The summed E-state index contributed by atoms with van der Waals surface area (Å²) in [7, 11) is 0. The molecule has 23 heavy (non-hydrogen) atoms. The number of benzene rings is 1. The maximum Gasteiger partial charge on any atom is 0.353 e. The number of rotatable bonds is 2. The highest BCUT2D eigenvalue weighted by Crippen LogP contribution is 2.27. The number of hydrogen-bond donors (Lipinski definition) is 4. The van der Waals surface area contributed by atoms with Gasteiger partial charge in [0.05, 0.1) is 16.1 Å². The summed E-state index contributed by atoms with van der Waals surface area (Å²) in [5.41, 5.74) is -3.01. The van der Waals surface area contributed by atoms with Crippen molar-refractivity contribution in [3.05, 3.63) is 55.1 Å². The Labute approximate surface area is 131 Å². The summed E-state index contributed by atoms with van der Waals surface area (Å²) in [6.45, 7) is 0. The van der Waals surface area contributed by atoms with Crippen molar-refractivity contribution in [2.75, 3.05) is 0 Å². The SMILES string of the molecule is O=C(O)c1[nH]c2c(Cl)c3[nH]ccc(=O)c3cc2c(=O)c1C(=O)O. The van der Waals surface area contributed by atoms with E-state index in [1.807, 2.05) is 0 Å². The van der Waals surface area contributed by atoms with Crippen LogP contribution in [-0.2, 0) is 0 Å². The molecule has 0 radical (unpaired) electrons. The van der Waals surface area contributed by atoms with E-state index in [4.69, 9.17) is 21.8 Å². The number of pyridine rings is 2. The monoisotopic (exact) mass is 334 g/mol. The van der Waals surface area contributed by atoms with Gasteiger partial charge in [-0.3, -0.25) is 9.59 Å². The first-order valence-corrected chi connectivity index (χ1v) is 6.57. The molecule has 0 saturated heterocycles. The highest BCUT2D eigenvalue weighted by molar-refractivity contribution is 6.40. The number of aromatic amines is 2. The summed E-state index contributed by atoms with van der Waals surface area (Å²) in [4.78, 5) is 51.8. The smallest absolute Gasteiger partial charge is 0.353 e. The van der Waals surface area contributed by atoms with Gasteiger partial charge in [-0.2, -0.15) is 0 Å². The molecule has 3 rings (SSSR count). The van der Waals surface area contributed by atoms with Gasteiger partial charge in [-0.05, 0) is 6.07 Å². The molecule has 0 aliphatic rings. The van der Waals surface area contributed by atoms with Gasteiger partial charge in [-0.1, -0.05) is 11.6 Å². The van der Waals surface area contributed by atoms with E-state index in [0.29, 0.717) is 0 Å². The molecule has 0 saturated carbocycles. The fraction of sp³-hybridized carbons (Fsp3) is 0. The molecule has 0 unspecified atom stereocenters. The first-order chi connectivity index (χ1) is 10.8. The minimum atomic E-state index is -1.69. The van der Waals surface area contributed by atoms with Gasteiger partial charge in [-0.15, -0.1) is 0 Å². The van der Waals surface area contributed by atoms with Gasteiger partial charge >= 0.3 is 11.9 Å². The van der Waals surface area contributed by atoms with E-state index >= 15 is 0 Å². The molecule has 2 aromatic heterocycles. The van der Waals surface area contributed by atoms with Crippen LogP contribution in [0.15, 0.2) is 27.9 Å². The Kier molecular flexibility index (Phi) is 3.19. The Bertz CT molecular complexity index is 1130. The van der Waals surface area contributed by atoms with Crippen LogP contribution in [0.1, 0.15) is 20.8 Å². The van der Waals surface area contributed by atoms with E-state index < -0.39 is 34.1 Å². The first-order valence-electron chi connectivity index (χ1n) is 6.19. The number of carboxylic acid groups (broad SMARTS) is 2. The second-order valence-corrected chi connectivity index (χ2v) is 5.07. The number of fused-ring (bicyclic) bond motifs is 2. The lowest BCUT2D eigenvalue weighted by Crippen LogP contribution is -2.22. The number of halogens is 1. The lowest BCUT2D eigenvalue weighted by molar-refractivity contribution is 0.0646. The maximum atomic E-state index is 12.4. The maximum absolute atomic E-state index is 12.4. The molecule has 3 aromatic rings. The molecule has 0 fully saturated rings. The van der Waals surface area contributed by atoms with Gasteiger partial charge in [-0.25, -0.2) is 9.59 Å². The predicted octanol–water partition coefficient (Wildman–Crippen LogP) is 1.42. The molecule has 4 N–H and O–H groups in total. The summed E-state index contributed by atoms with van der Waals surface area (Å²) in [6.07, 6.45) is 1.35. The highest BCUT2D eigenvalue weighted by atomic mass is 35.5. The van der Waals surface area contributed by atoms with E-state index in [9.17, 15) is 19.2 Å². The van der Waals surface area contributed by atoms with Crippen LogP contribution in [-0.4, -0.2) is 32.1 Å². The summed E-state index contributed by atoms with van der Waals surface area (Å²) >= 11 is 6.15. The van der Waals surface area contributed by atoms with Crippen molar-refractivity contribution < 1.29 is 19.8 Å². The van der Waals surface area contributed by atoms with E-state index in [-0.39, 0.29) is 26.8 Å². The minimum Gasteiger partial charge on any atom is -0.477 e. The third kappa shape index (κ3) is 2.08. The number of nitrogens with one attached hydrogen (secondary N) is 2. The first kappa shape index (κ1) is 14.8. The Balaban J connectivity index is 2.66. The Morgan fingerprint density at radius 1 is 1.04 bits per heavy atom. The minimum absolute atomic E-state index is 0.0617.